The number of amides is 2. The third-order valence-corrected chi connectivity index (χ3v) is 7.01. The molecule has 0 aliphatic carbocycles. The molecule has 0 aromatic carbocycles. The van der Waals surface area contributed by atoms with E-state index in [1.54, 1.807) is 0 Å². The van der Waals surface area contributed by atoms with Gasteiger partial charge in [-0.15, -0.1) is 11.8 Å². The van der Waals surface area contributed by atoms with Gasteiger partial charge < -0.3 is 21.3 Å². The van der Waals surface area contributed by atoms with Gasteiger partial charge in [0.1, 0.15) is 5.37 Å². The lowest BCUT2D eigenvalue weighted by molar-refractivity contribution is -0.156. The van der Waals surface area contributed by atoms with Gasteiger partial charge in [0, 0.05) is 11.8 Å². The zero-order chi connectivity index (χ0) is 16.9. The number of carbonyl (C=O) groups is 3. The molecule has 3 rings (SSSR count). The Hall–Kier alpha value is -1.23. The van der Waals surface area contributed by atoms with E-state index in [1.165, 1.54) is 35.3 Å². The maximum absolute atomic E-state index is 12.1. The first-order chi connectivity index (χ1) is 10.8. The van der Waals surface area contributed by atoms with E-state index in [0.29, 0.717) is 17.2 Å². The molecule has 0 bridgehead atoms. The molecule has 5 N–H and O–H groups in total. The molecular formula is C13H17N3O5S2. The molecular weight excluding hydrogens is 342 g/mol. The number of primary amides is 1. The second-order valence-electron chi connectivity index (χ2n) is 5.76. The minimum atomic E-state index is -1.16. The van der Waals surface area contributed by atoms with Crippen molar-refractivity contribution < 1.29 is 24.6 Å². The fraction of sp³-hybridized carbons (Fsp3) is 0.615. The van der Waals surface area contributed by atoms with Crippen molar-refractivity contribution in [2.45, 2.75) is 36.1 Å². The summed E-state index contributed by atoms with van der Waals surface area (Å²) < 4.78 is 0.552. The van der Waals surface area contributed by atoms with E-state index in [2.05, 4.69) is 5.32 Å². The van der Waals surface area contributed by atoms with Crippen LogP contribution in [0.4, 0.5) is 0 Å². The van der Waals surface area contributed by atoms with Crippen LogP contribution in [-0.2, 0) is 14.4 Å². The summed E-state index contributed by atoms with van der Waals surface area (Å²) in [6.07, 6.45) is -0.293. The topological polar surface area (TPSA) is 133 Å². The summed E-state index contributed by atoms with van der Waals surface area (Å²) in [7, 11) is 0. The average Bonchev–Trinajstić information content (AvgIpc) is 3.02. The fourth-order valence-corrected chi connectivity index (χ4v) is 6.31. The van der Waals surface area contributed by atoms with Gasteiger partial charge in [-0.3, -0.25) is 14.5 Å². The van der Waals surface area contributed by atoms with E-state index in [0.717, 1.165) is 0 Å². The molecule has 10 heteroatoms. The SMILES string of the molecule is CC(O)C1C(=O)N2C(C(=O)O)=C(SC3CNC(C(N)=O)C3)S[C@H]12. The predicted molar refractivity (Wildman–Crippen MR) is 85.0 cm³/mol. The number of aliphatic hydroxyl groups is 1. The van der Waals surface area contributed by atoms with Crippen molar-refractivity contribution in [3.8, 4) is 0 Å². The van der Waals surface area contributed by atoms with Crippen LogP contribution in [0.5, 0.6) is 0 Å². The lowest BCUT2D eigenvalue weighted by atomic mass is 9.92. The number of hydrogen-bond acceptors (Lipinski definition) is 7. The lowest BCUT2D eigenvalue weighted by Crippen LogP contribution is -2.60. The molecule has 23 heavy (non-hydrogen) atoms. The highest BCUT2D eigenvalue weighted by atomic mass is 32.2. The standard InChI is InChI=1S/C13H17N3O5S2/c1-4(17)7-10(19)16-8(12(20)21)13(23-11(7)16)22-5-2-6(9(14)18)15-3-5/h4-7,11,15,17H,2-3H2,1H3,(H2,14,18)(H,20,21)/t4?,5?,6?,7?,11-/m1/s1. The third-order valence-electron chi connectivity index (χ3n) is 4.18. The van der Waals surface area contributed by atoms with E-state index in [9.17, 15) is 24.6 Å². The molecule has 126 valence electrons. The number of nitrogens with zero attached hydrogens (tertiary/aromatic N) is 1. The van der Waals surface area contributed by atoms with E-state index in [4.69, 9.17) is 5.73 Å². The molecule has 3 aliphatic heterocycles. The van der Waals surface area contributed by atoms with Crippen molar-refractivity contribution in [3.05, 3.63) is 9.93 Å². The summed E-state index contributed by atoms with van der Waals surface area (Å²) in [4.78, 5) is 36.1. The molecule has 3 heterocycles. The van der Waals surface area contributed by atoms with Crippen molar-refractivity contribution in [1.29, 1.82) is 0 Å². The Bertz CT molecular complexity index is 608. The largest absolute Gasteiger partial charge is 0.477 e. The van der Waals surface area contributed by atoms with Crippen molar-refractivity contribution in [1.82, 2.24) is 10.2 Å². The lowest BCUT2D eigenvalue weighted by Gasteiger charge is -2.43. The number of carboxylic acid groups (broad SMARTS) is 1. The second-order valence-corrected chi connectivity index (χ2v) is 8.46. The molecule has 4 unspecified atom stereocenters. The number of nitrogens with two attached hydrogens (primary N) is 1. The number of thioether (sulfide) groups is 2. The Morgan fingerprint density at radius 3 is 2.74 bits per heavy atom. The smallest absolute Gasteiger partial charge is 0.354 e. The third kappa shape index (κ3) is 2.73. The quantitative estimate of drug-likeness (QED) is 0.464. The van der Waals surface area contributed by atoms with Crippen LogP contribution in [0.15, 0.2) is 9.93 Å². The zero-order valence-electron chi connectivity index (χ0n) is 12.3. The van der Waals surface area contributed by atoms with Crippen LogP contribution in [0.3, 0.4) is 0 Å². The van der Waals surface area contributed by atoms with Crippen molar-refractivity contribution in [2.75, 3.05) is 6.54 Å². The highest BCUT2D eigenvalue weighted by molar-refractivity contribution is 8.23. The number of fused-ring (bicyclic) bond motifs is 1. The van der Waals surface area contributed by atoms with Crippen LogP contribution in [0, 0.1) is 5.92 Å². The Balaban J connectivity index is 1.75. The number of β-lactam (4-membered cyclic amide) rings is 1. The molecule has 0 radical (unpaired) electrons. The fourth-order valence-electron chi connectivity index (χ4n) is 2.99. The van der Waals surface area contributed by atoms with Gasteiger partial charge in [0.2, 0.25) is 11.8 Å². The van der Waals surface area contributed by atoms with Gasteiger partial charge in [0.05, 0.1) is 22.3 Å². The molecule has 5 atom stereocenters. The maximum Gasteiger partial charge on any atom is 0.354 e. The Morgan fingerprint density at radius 2 is 2.22 bits per heavy atom. The number of carboxylic acids is 1. The predicted octanol–water partition coefficient (Wildman–Crippen LogP) is -0.899. The van der Waals surface area contributed by atoms with Crippen LogP contribution in [0.1, 0.15) is 13.3 Å². The first-order valence-corrected chi connectivity index (χ1v) is 8.92. The number of aliphatic carboxylic acids is 1. The minimum absolute atomic E-state index is 0.0168. The second kappa shape index (κ2) is 6.00. The van der Waals surface area contributed by atoms with Crippen molar-refractivity contribution in [3.63, 3.8) is 0 Å². The summed E-state index contributed by atoms with van der Waals surface area (Å²) >= 11 is 2.65. The molecule has 0 aromatic heterocycles. The molecule has 3 aliphatic rings. The molecule has 0 saturated carbocycles. The Morgan fingerprint density at radius 1 is 1.52 bits per heavy atom. The van der Waals surface area contributed by atoms with Gasteiger partial charge in [0.25, 0.3) is 0 Å². The van der Waals surface area contributed by atoms with Crippen LogP contribution in [0.25, 0.3) is 0 Å². The Labute approximate surface area is 140 Å². The van der Waals surface area contributed by atoms with Gasteiger partial charge in [0.15, 0.2) is 5.70 Å². The van der Waals surface area contributed by atoms with Gasteiger partial charge in [-0.05, 0) is 13.3 Å². The van der Waals surface area contributed by atoms with Crippen molar-refractivity contribution in [2.24, 2.45) is 11.7 Å². The summed E-state index contributed by atoms with van der Waals surface area (Å²) in [6, 6.07) is -0.406. The van der Waals surface area contributed by atoms with Gasteiger partial charge in [-0.1, -0.05) is 11.8 Å². The first kappa shape index (κ1) is 16.6. The minimum Gasteiger partial charge on any atom is -0.477 e. The van der Waals surface area contributed by atoms with Gasteiger partial charge in [-0.25, -0.2) is 4.79 Å². The van der Waals surface area contributed by atoms with Crippen molar-refractivity contribution >= 4 is 41.3 Å². The van der Waals surface area contributed by atoms with Gasteiger partial charge >= 0.3 is 5.97 Å². The van der Waals surface area contributed by atoms with E-state index in [1.807, 2.05) is 0 Å². The summed E-state index contributed by atoms with van der Waals surface area (Å²) in [5.74, 6) is -2.51. The number of nitrogens with one attached hydrogen (secondary N) is 1. The van der Waals surface area contributed by atoms with E-state index < -0.39 is 29.9 Å². The van der Waals surface area contributed by atoms with E-state index >= 15 is 0 Å². The van der Waals surface area contributed by atoms with Crippen LogP contribution in [-0.4, -0.2) is 62.2 Å². The summed E-state index contributed by atoms with van der Waals surface area (Å²) in [5, 5.41) is 21.8. The average molecular weight is 359 g/mol. The first-order valence-electron chi connectivity index (χ1n) is 7.16. The summed E-state index contributed by atoms with van der Waals surface area (Å²) in [5.41, 5.74) is 5.25. The monoisotopic (exact) mass is 359 g/mol. The molecule has 8 nitrogen and oxygen atoms in total. The van der Waals surface area contributed by atoms with Gasteiger partial charge in [-0.2, -0.15) is 0 Å². The highest BCUT2D eigenvalue weighted by Gasteiger charge is 2.58. The normalized spacial score (nSPS) is 34.3. The van der Waals surface area contributed by atoms with Crippen LogP contribution >= 0.6 is 23.5 Å². The number of carbonyl (C=O) groups excluding carboxylic acids is 2. The number of hydrogen-bond donors (Lipinski definition) is 4. The highest BCUT2D eigenvalue weighted by Crippen LogP contribution is 2.54. The van der Waals surface area contributed by atoms with Crippen LogP contribution < -0.4 is 11.1 Å². The molecule has 0 spiro atoms. The molecule has 2 fully saturated rings. The van der Waals surface area contributed by atoms with Crippen LogP contribution in [0.2, 0.25) is 0 Å². The summed E-state index contributed by atoms with van der Waals surface area (Å²) in [6.45, 7) is 2.08. The van der Waals surface area contributed by atoms with E-state index in [-0.39, 0.29) is 22.2 Å². The number of rotatable bonds is 5. The molecule has 2 amide bonds. The maximum atomic E-state index is 12.1. The number of aliphatic hydroxyl groups excluding tert-OH is 1. The molecule has 0 aromatic rings. The molecule has 2 saturated heterocycles. The zero-order valence-corrected chi connectivity index (χ0v) is 13.9. The Kier molecular flexibility index (Phi) is 4.34.